The Bertz CT molecular complexity index is 1640. The van der Waals surface area contributed by atoms with Gasteiger partial charge in [-0.05, 0) is 75.8 Å². The summed E-state index contributed by atoms with van der Waals surface area (Å²) in [5.41, 5.74) is 10.3. The first kappa shape index (κ1) is 21.4. The van der Waals surface area contributed by atoms with Gasteiger partial charge in [-0.1, -0.05) is 121 Å². The fourth-order valence-electron chi connectivity index (χ4n) is 4.71. The van der Waals surface area contributed by atoms with Crippen molar-refractivity contribution in [1.82, 2.24) is 0 Å². The lowest BCUT2D eigenvalue weighted by atomic mass is 9.97. The minimum Gasteiger partial charge on any atom is -0.311 e. The molecule has 0 bridgehead atoms. The van der Waals surface area contributed by atoms with Gasteiger partial charge in [0.25, 0.3) is 0 Å². The highest BCUT2D eigenvalue weighted by atomic mass is 15.1. The molecule has 0 aliphatic rings. The van der Waals surface area contributed by atoms with Crippen LogP contribution in [0.4, 0.5) is 17.1 Å². The van der Waals surface area contributed by atoms with Crippen molar-refractivity contribution in [3.8, 4) is 33.4 Å². The molecule has 176 valence electrons. The van der Waals surface area contributed by atoms with Crippen LogP contribution in [0.2, 0.25) is 0 Å². The number of nitrogens with zero attached hydrogens (tertiary/aromatic N) is 1. The summed E-state index contributed by atoms with van der Waals surface area (Å²) in [4.78, 5) is 2.19. The molecule has 0 heterocycles. The van der Waals surface area contributed by atoms with Gasteiger partial charge in [0, 0.05) is 17.1 Å². The topological polar surface area (TPSA) is 3.24 Å². The van der Waals surface area contributed by atoms with Crippen molar-refractivity contribution in [3.05, 3.63) is 164 Å². The van der Waals surface area contributed by atoms with E-state index in [1.165, 1.54) is 33.4 Å². The Morgan fingerprint density at radius 1 is 0.324 bits per heavy atom. The second kappa shape index (κ2) is 10.4. The number of anilines is 3. The zero-order chi connectivity index (χ0) is 25.7. The van der Waals surface area contributed by atoms with Gasteiger partial charge in [-0.25, -0.2) is 0 Å². The Hall–Kier alpha value is -4.88. The Morgan fingerprint density at radius 3 is 1.32 bits per heavy atom. The van der Waals surface area contributed by atoms with Gasteiger partial charge in [-0.2, -0.15) is 0 Å². The van der Waals surface area contributed by atoms with E-state index in [1.807, 2.05) is 42.5 Å². The molecule has 0 fully saturated rings. The first-order chi connectivity index (χ1) is 18.7. The van der Waals surface area contributed by atoms with Gasteiger partial charge < -0.3 is 4.90 Å². The van der Waals surface area contributed by atoms with Crippen molar-refractivity contribution in [2.45, 2.75) is 0 Å². The zero-order valence-corrected chi connectivity index (χ0v) is 20.5. The van der Waals surface area contributed by atoms with Crippen molar-refractivity contribution in [3.63, 3.8) is 0 Å². The molecule has 0 spiro atoms. The average molecular weight is 476 g/mol. The second-order valence-corrected chi connectivity index (χ2v) is 9.00. The molecule has 0 saturated heterocycles. The Labute approximate surface area is 220 Å². The Kier molecular flexibility index (Phi) is 6.01. The summed E-state index contributed by atoms with van der Waals surface area (Å²) in [6.07, 6.45) is 0. The predicted octanol–water partition coefficient (Wildman–Crippen LogP) is 10.2. The molecule has 0 aromatic heterocycles. The smallest absolute Gasteiger partial charge is 0.0623 e. The van der Waals surface area contributed by atoms with E-state index in [2.05, 4.69) is 114 Å². The number of para-hydroxylation sites is 2. The lowest BCUT2D eigenvalue weighted by Crippen LogP contribution is -2.09. The molecular weight excluding hydrogens is 446 g/mol. The van der Waals surface area contributed by atoms with E-state index in [0.29, 0.717) is 6.04 Å². The van der Waals surface area contributed by atoms with E-state index in [9.17, 15) is 0 Å². The Morgan fingerprint density at radius 2 is 0.730 bits per heavy atom. The maximum absolute atomic E-state index is 8.12. The molecule has 0 N–H and O–H groups in total. The molecule has 6 aromatic carbocycles. The third kappa shape index (κ3) is 4.94. The summed E-state index contributed by atoms with van der Waals surface area (Å²) in [7, 11) is 0. The van der Waals surface area contributed by atoms with Crippen molar-refractivity contribution < 1.29 is 1.37 Å². The van der Waals surface area contributed by atoms with Gasteiger partial charge in [0.1, 0.15) is 0 Å². The third-order valence-corrected chi connectivity index (χ3v) is 6.61. The number of benzene rings is 6. The summed E-state index contributed by atoms with van der Waals surface area (Å²) in [5.74, 6) is 0. The largest absolute Gasteiger partial charge is 0.311 e. The van der Waals surface area contributed by atoms with E-state index >= 15 is 0 Å². The minimum absolute atomic E-state index is 0.494. The fraction of sp³-hybridized carbons (Fsp3) is 0. The fourth-order valence-corrected chi connectivity index (χ4v) is 4.71. The molecule has 0 radical (unpaired) electrons. The van der Waals surface area contributed by atoms with Crippen LogP contribution in [0.1, 0.15) is 1.37 Å². The molecule has 37 heavy (non-hydrogen) atoms. The van der Waals surface area contributed by atoms with Crippen molar-refractivity contribution in [2.75, 3.05) is 4.90 Å². The van der Waals surface area contributed by atoms with Gasteiger partial charge in [-0.3, -0.25) is 0 Å². The summed E-state index contributed by atoms with van der Waals surface area (Å²) in [6, 6.07) is 55.1. The molecule has 0 amide bonds. The molecule has 1 heteroatoms. The van der Waals surface area contributed by atoms with Crippen LogP contribution >= 0.6 is 0 Å². The molecule has 0 aliphatic heterocycles. The van der Waals surface area contributed by atoms with Crippen LogP contribution in [0.15, 0.2) is 164 Å². The van der Waals surface area contributed by atoms with Crippen LogP contribution in [0.25, 0.3) is 33.4 Å². The number of hydrogen-bond acceptors (Lipinski definition) is 1. The first-order valence-corrected chi connectivity index (χ1v) is 12.5. The summed E-state index contributed by atoms with van der Waals surface area (Å²) in [5, 5.41) is 0. The molecule has 0 saturated carbocycles. The van der Waals surface area contributed by atoms with Crippen LogP contribution in [0, 0.1) is 0 Å². The number of hydrogen-bond donors (Lipinski definition) is 0. The standard InChI is InChI=1S/C36H27N/c1-4-11-28(12-5-1)29-19-21-30(22-20-29)32-13-10-14-33(27-32)31-23-25-36(26-24-31)37(34-15-6-2-7-16-34)35-17-8-3-9-18-35/h1-27H/i6T. The number of rotatable bonds is 6. The van der Waals surface area contributed by atoms with Gasteiger partial charge >= 0.3 is 0 Å². The maximum atomic E-state index is 8.12. The molecule has 0 atom stereocenters. The highest BCUT2D eigenvalue weighted by Gasteiger charge is 2.12. The van der Waals surface area contributed by atoms with Crippen molar-refractivity contribution in [2.24, 2.45) is 0 Å². The second-order valence-electron chi connectivity index (χ2n) is 9.00. The molecule has 6 rings (SSSR count). The van der Waals surface area contributed by atoms with Crippen LogP contribution in [0.5, 0.6) is 0 Å². The highest BCUT2D eigenvalue weighted by Crippen LogP contribution is 2.36. The van der Waals surface area contributed by atoms with Gasteiger partial charge in [-0.15, -0.1) is 0 Å². The van der Waals surface area contributed by atoms with Gasteiger partial charge in [0.15, 0.2) is 0 Å². The van der Waals surface area contributed by atoms with Crippen LogP contribution in [0.3, 0.4) is 0 Å². The SMILES string of the molecule is [3H]c1cccc(N(c2ccccc2)c2ccc(-c3cccc(-c4ccc(-c5ccccc5)cc4)c3)cc2)c1. The van der Waals surface area contributed by atoms with E-state index in [4.69, 9.17) is 1.37 Å². The lowest BCUT2D eigenvalue weighted by Gasteiger charge is -2.25. The molecule has 1 nitrogen and oxygen atoms in total. The van der Waals surface area contributed by atoms with E-state index < -0.39 is 0 Å². The van der Waals surface area contributed by atoms with Crippen molar-refractivity contribution >= 4 is 17.1 Å². The summed E-state index contributed by atoms with van der Waals surface area (Å²) < 4.78 is 8.12. The quantitative estimate of drug-likeness (QED) is 0.232. The van der Waals surface area contributed by atoms with Crippen LogP contribution in [-0.4, -0.2) is 0 Å². The van der Waals surface area contributed by atoms with Crippen LogP contribution in [-0.2, 0) is 0 Å². The third-order valence-electron chi connectivity index (χ3n) is 6.61. The Balaban J connectivity index is 1.30. The molecule has 0 unspecified atom stereocenters. The maximum Gasteiger partial charge on any atom is 0.0623 e. The first-order valence-electron chi connectivity index (χ1n) is 13.0. The monoisotopic (exact) mass is 475 g/mol. The summed E-state index contributed by atoms with van der Waals surface area (Å²) in [6.45, 7) is 0. The van der Waals surface area contributed by atoms with Crippen molar-refractivity contribution in [1.29, 1.82) is 0 Å². The lowest BCUT2D eigenvalue weighted by molar-refractivity contribution is 1.28. The van der Waals surface area contributed by atoms with E-state index in [0.717, 1.165) is 17.1 Å². The zero-order valence-electron chi connectivity index (χ0n) is 21.5. The predicted molar refractivity (Wildman–Crippen MR) is 157 cm³/mol. The van der Waals surface area contributed by atoms with Crippen LogP contribution < -0.4 is 4.90 Å². The minimum atomic E-state index is 0.494. The average Bonchev–Trinajstić information content (AvgIpc) is 2.99. The molecule has 0 aliphatic carbocycles. The molecule has 6 aromatic rings. The van der Waals surface area contributed by atoms with Gasteiger partial charge in [0.05, 0.1) is 1.37 Å². The van der Waals surface area contributed by atoms with E-state index in [-0.39, 0.29) is 0 Å². The van der Waals surface area contributed by atoms with Gasteiger partial charge in [0.2, 0.25) is 0 Å². The molecular formula is C36H27N. The van der Waals surface area contributed by atoms with E-state index in [1.54, 1.807) is 6.07 Å². The normalized spacial score (nSPS) is 11.1. The highest BCUT2D eigenvalue weighted by molar-refractivity contribution is 5.79. The summed E-state index contributed by atoms with van der Waals surface area (Å²) >= 11 is 0.